The number of hydrogen-bond acceptors (Lipinski definition) is 5. The molecule has 0 atom stereocenters. The fourth-order valence-corrected chi connectivity index (χ4v) is 1.90. The van der Waals surface area contributed by atoms with E-state index in [0.29, 0.717) is 12.2 Å². The van der Waals surface area contributed by atoms with E-state index in [1.807, 2.05) is 17.5 Å². The van der Waals surface area contributed by atoms with Gasteiger partial charge in [-0.05, 0) is 25.1 Å². The first-order chi connectivity index (χ1) is 8.29. The van der Waals surface area contributed by atoms with Crippen molar-refractivity contribution in [3.8, 4) is 0 Å². The Balaban J connectivity index is 2.14. The molecule has 0 radical (unpaired) electrons. The average Bonchev–Trinajstić information content (AvgIpc) is 2.82. The number of anilines is 2. The van der Waals surface area contributed by atoms with Gasteiger partial charge in [-0.1, -0.05) is 6.07 Å². The van der Waals surface area contributed by atoms with Crippen LogP contribution < -0.4 is 5.32 Å². The lowest BCUT2D eigenvalue weighted by molar-refractivity contribution is 0.0526. The van der Waals surface area contributed by atoms with Crippen molar-refractivity contribution in [3.63, 3.8) is 0 Å². The molecule has 5 heteroatoms. The molecule has 1 N–H and O–H groups in total. The van der Waals surface area contributed by atoms with Crippen molar-refractivity contribution in [1.29, 1.82) is 0 Å². The van der Waals surface area contributed by atoms with Crippen LogP contribution in [0.2, 0.25) is 0 Å². The van der Waals surface area contributed by atoms with E-state index in [1.54, 1.807) is 25.3 Å². The summed E-state index contributed by atoms with van der Waals surface area (Å²) in [7, 11) is 0. The molecule has 0 amide bonds. The molecular weight excluding hydrogens is 236 g/mol. The van der Waals surface area contributed by atoms with E-state index in [2.05, 4.69) is 10.3 Å². The molecule has 0 unspecified atom stereocenters. The fourth-order valence-electron chi connectivity index (χ4n) is 1.35. The molecule has 1 aromatic heterocycles. The first-order valence-electron chi connectivity index (χ1n) is 5.23. The summed E-state index contributed by atoms with van der Waals surface area (Å²) in [6.45, 7) is 2.17. The number of ether oxygens (including phenoxy) is 1. The number of rotatable bonds is 4. The highest BCUT2D eigenvalue weighted by atomic mass is 32.1. The number of hydrogen-bond donors (Lipinski definition) is 1. The number of nitrogens with one attached hydrogen (secondary N) is 1. The molecular formula is C12H12N2O2S. The maximum atomic E-state index is 11.5. The quantitative estimate of drug-likeness (QED) is 0.845. The van der Waals surface area contributed by atoms with Gasteiger partial charge in [-0.15, -0.1) is 11.3 Å². The van der Waals surface area contributed by atoms with Crippen molar-refractivity contribution in [3.05, 3.63) is 41.4 Å². The molecule has 2 rings (SSSR count). The number of thiazole rings is 1. The van der Waals surface area contributed by atoms with Gasteiger partial charge in [0.1, 0.15) is 0 Å². The van der Waals surface area contributed by atoms with Crippen LogP contribution in [0.3, 0.4) is 0 Å². The SMILES string of the molecule is CCOC(=O)c1cccc(Nc2nccs2)c1. The number of nitrogens with zero attached hydrogens (tertiary/aromatic N) is 1. The molecule has 2 aromatic rings. The second-order valence-corrected chi connectivity index (χ2v) is 4.16. The van der Waals surface area contributed by atoms with Gasteiger partial charge in [0.05, 0.1) is 12.2 Å². The Kier molecular flexibility index (Phi) is 3.72. The highest BCUT2D eigenvalue weighted by Crippen LogP contribution is 2.19. The van der Waals surface area contributed by atoms with Crippen molar-refractivity contribution in [1.82, 2.24) is 4.98 Å². The molecule has 0 saturated carbocycles. The smallest absolute Gasteiger partial charge is 0.338 e. The van der Waals surface area contributed by atoms with Crippen LogP contribution >= 0.6 is 11.3 Å². The van der Waals surface area contributed by atoms with Gasteiger partial charge >= 0.3 is 5.97 Å². The average molecular weight is 248 g/mol. The minimum absolute atomic E-state index is 0.310. The van der Waals surface area contributed by atoms with Crippen molar-refractivity contribution in [2.24, 2.45) is 0 Å². The van der Waals surface area contributed by atoms with Gasteiger partial charge in [-0.3, -0.25) is 0 Å². The normalized spacial score (nSPS) is 9.94. The Morgan fingerprint density at radius 3 is 3.12 bits per heavy atom. The summed E-state index contributed by atoms with van der Waals surface area (Å²) in [5.41, 5.74) is 1.36. The Morgan fingerprint density at radius 2 is 2.41 bits per heavy atom. The summed E-state index contributed by atoms with van der Waals surface area (Å²) >= 11 is 1.50. The van der Waals surface area contributed by atoms with Gasteiger partial charge in [-0.25, -0.2) is 9.78 Å². The fraction of sp³-hybridized carbons (Fsp3) is 0.167. The molecule has 0 fully saturated rings. The van der Waals surface area contributed by atoms with Gasteiger partial charge < -0.3 is 10.1 Å². The number of benzene rings is 1. The van der Waals surface area contributed by atoms with E-state index < -0.39 is 0 Å². The second-order valence-electron chi connectivity index (χ2n) is 3.26. The predicted molar refractivity (Wildman–Crippen MR) is 67.8 cm³/mol. The van der Waals surface area contributed by atoms with Crippen LogP contribution in [0.15, 0.2) is 35.8 Å². The molecule has 0 aliphatic heterocycles. The minimum Gasteiger partial charge on any atom is -0.462 e. The zero-order chi connectivity index (χ0) is 12.1. The van der Waals surface area contributed by atoms with E-state index in [1.165, 1.54) is 11.3 Å². The lowest BCUT2D eigenvalue weighted by atomic mass is 10.2. The zero-order valence-electron chi connectivity index (χ0n) is 9.34. The van der Waals surface area contributed by atoms with Gasteiger partial charge in [0, 0.05) is 17.3 Å². The van der Waals surface area contributed by atoms with E-state index in [9.17, 15) is 4.79 Å². The van der Waals surface area contributed by atoms with Gasteiger partial charge in [0.15, 0.2) is 5.13 Å². The Hall–Kier alpha value is -1.88. The Bertz CT molecular complexity index is 497. The minimum atomic E-state index is -0.310. The van der Waals surface area contributed by atoms with Gasteiger partial charge in [-0.2, -0.15) is 0 Å². The Morgan fingerprint density at radius 1 is 1.53 bits per heavy atom. The highest BCUT2D eigenvalue weighted by Gasteiger charge is 2.06. The van der Waals surface area contributed by atoms with Crippen LogP contribution in [0.25, 0.3) is 0 Å². The van der Waals surface area contributed by atoms with Crippen LogP contribution in [0.4, 0.5) is 10.8 Å². The molecule has 1 aromatic carbocycles. The largest absolute Gasteiger partial charge is 0.462 e. The van der Waals surface area contributed by atoms with E-state index in [0.717, 1.165) is 10.8 Å². The number of esters is 1. The summed E-state index contributed by atoms with van der Waals surface area (Å²) in [4.78, 5) is 15.6. The third kappa shape index (κ3) is 3.04. The third-order valence-electron chi connectivity index (χ3n) is 2.06. The van der Waals surface area contributed by atoms with Crippen LogP contribution in [0, 0.1) is 0 Å². The van der Waals surface area contributed by atoms with Gasteiger partial charge in [0.25, 0.3) is 0 Å². The van der Waals surface area contributed by atoms with E-state index in [4.69, 9.17) is 4.74 Å². The third-order valence-corrected chi connectivity index (χ3v) is 2.75. The lowest BCUT2D eigenvalue weighted by Crippen LogP contribution is -2.04. The van der Waals surface area contributed by atoms with Crippen LogP contribution in [-0.4, -0.2) is 17.6 Å². The summed E-state index contributed by atoms with van der Waals surface area (Å²) in [6.07, 6.45) is 1.72. The number of aromatic nitrogens is 1. The number of carbonyl (C=O) groups excluding carboxylic acids is 1. The van der Waals surface area contributed by atoms with Crippen molar-refractivity contribution >= 4 is 28.1 Å². The molecule has 4 nitrogen and oxygen atoms in total. The van der Waals surface area contributed by atoms with Gasteiger partial charge in [0.2, 0.25) is 0 Å². The van der Waals surface area contributed by atoms with Crippen LogP contribution in [0.1, 0.15) is 17.3 Å². The van der Waals surface area contributed by atoms with Crippen molar-refractivity contribution in [2.75, 3.05) is 11.9 Å². The first-order valence-corrected chi connectivity index (χ1v) is 6.11. The monoisotopic (exact) mass is 248 g/mol. The Labute approximate surface area is 103 Å². The molecule has 0 aliphatic carbocycles. The predicted octanol–water partition coefficient (Wildman–Crippen LogP) is 3.06. The van der Waals surface area contributed by atoms with Crippen LogP contribution in [0.5, 0.6) is 0 Å². The molecule has 0 saturated heterocycles. The number of carbonyl (C=O) groups is 1. The zero-order valence-corrected chi connectivity index (χ0v) is 10.2. The lowest BCUT2D eigenvalue weighted by Gasteiger charge is -2.05. The summed E-state index contributed by atoms with van der Waals surface area (Å²) in [6, 6.07) is 7.16. The van der Waals surface area contributed by atoms with E-state index in [-0.39, 0.29) is 5.97 Å². The molecule has 0 bridgehead atoms. The topological polar surface area (TPSA) is 51.2 Å². The highest BCUT2D eigenvalue weighted by molar-refractivity contribution is 7.13. The molecule has 88 valence electrons. The first kappa shape index (κ1) is 11.6. The maximum Gasteiger partial charge on any atom is 0.338 e. The second kappa shape index (κ2) is 5.45. The van der Waals surface area contributed by atoms with Crippen molar-refractivity contribution in [2.45, 2.75) is 6.92 Å². The molecule has 17 heavy (non-hydrogen) atoms. The molecule has 1 heterocycles. The summed E-state index contributed by atoms with van der Waals surface area (Å²) < 4.78 is 4.94. The van der Waals surface area contributed by atoms with Crippen molar-refractivity contribution < 1.29 is 9.53 Å². The maximum absolute atomic E-state index is 11.5. The van der Waals surface area contributed by atoms with Crippen LogP contribution in [-0.2, 0) is 4.74 Å². The summed E-state index contributed by atoms with van der Waals surface area (Å²) in [5.74, 6) is -0.310. The molecule has 0 spiro atoms. The summed E-state index contributed by atoms with van der Waals surface area (Å²) in [5, 5.41) is 5.80. The van der Waals surface area contributed by atoms with E-state index >= 15 is 0 Å². The standard InChI is InChI=1S/C12H12N2O2S/c1-2-16-11(15)9-4-3-5-10(8-9)14-12-13-6-7-17-12/h3-8H,2H2,1H3,(H,13,14). The molecule has 0 aliphatic rings.